The molecule has 0 atom stereocenters. The van der Waals surface area contributed by atoms with Gasteiger partial charge in [-0.1, -0.05) is 12.1 Å². The van der Waals surface area contributed by atoms with Gasteiger partial charge in [-0.25, -0.2) is 0 Å². The fourth-order valence-electron chi connectivity index (χ4n) is 1.74. The molecule has 2 aromatic rings. The van der Waals surface area contributed by atoms with Crippen LogP contribution in [-0.4, -0.2) is 16.6 Å². The molecule has 1 aromatic carbocycles. The van der Waals surface area contributed by atoms with E-state index >= 15 is 0 Å². The molecule has 0 aliphatic carbocycles. The molecule has 0 unspecified atom stereocenters. The minimum atomic E-state index is -0.00227. The number of aromatic amines is 1. The Morgan fingerprint density at radius 1 is 1.07 bits per heavy atom. The van der Waals surface area contributed by atoms with Gasteiger partial charge in [-0.15, -0.1) is 0 Å². The summed E-state index contributed by atoms with van der Waals surface area (Å²) in [6.45, 7) is 3.03. The van der Waals surface area contributed by atoms with Gasteiger partial charge in [-0.3, -0.25) is 9.59 Å². The van der Waals surface area contributed by atoms with E-state index in [-0.39, 0.29) is 11.6 Å². The van der Waals surface area contributed by atoms with Gasteiger partial charge in [0.1, 0.15) is 0 Å². The van der Waals surface area contributed by atoms with Crippen molar-refractivity contribution in [3.05, 3.63) is 35.5 Å². The van der Waals surface area contributed by atoms with Crippen LogP contribution in [0.5, 0.6) is 0 Å². The normalized spacial score (nSPS) is 10.5. The molecule has 15 heavy (non-hydrogen) atoms. The van der Waals surface area contributed by atoms with Gasteiger partial charge < -0.3 is 4.98 Å². The molecule has 0 spiro atoms. The first-order valence-corrected chi connectivity index (χ1v) is 4.73. The molecule has 3 nitrogen and oxygen atoms in total. The van der Waals surface area contributed by atoms with Gasteiger partial charge in [-0.2, -0.15) is 0 Å². The van der Waals surface area contributed by atoms with Crippen LogP contribution in [0.3, 0.4) is 0 Å². The summed E-state index contributed by atoms with van der Waals surface area (Å²) in [7, 11) is 0. The monoisotopic (exact) mass is 201 g/mol. The molecule has 0 radical (unpaired) electrons. The van der Waals surface area contributed by atoms with Crippen molar-refractivity contribution >= 4 is 22.5 Å². The second-order valence-electron chi connectivity index (χ2n) is 3.54. The number of Topliss-reactive ketones (excluding diaryl/α,β-unsaturated/α-hetero) is 2. The van der Waals surface area contributed by atoms with E-state index in [1.807, 2.05) is 6.07 Å². The molecule has 1 aromatic heterocycles. The fourth-order valence-corrected chi connectivity index (χ4v) is 1.74. The van der Waals surface area contributed by atoms with Gasteiger partial charge in [-0.05, 0) is 19.9 Å². The quantitative estimate of drug-likeness (QED) is 0.759. The largest absolute Gasteiger partial charge is 0.360 e. The summed E-state index contributed by atoms with van der Waals surface area (Å²) < 4.78 is 0. The lowest BCUT2D eigenvalue weighted by Crippen LogP contribution is -1.93. The van der Waals surface area contributed by atoms with Crippen molar-refractivity contribution in [3.63, 3.8) is 0 Å². The summed E-state index contributed by atoms with van der Waals surface area (Å²) in [6, 6.07) is 5.39. The van der Waals surface area contributed by atoms with Crippen LogP contribution in [0.4, 0.5) is 0 Å². The Labute approximate surface area is 87.1 Å². The van der Waals surface area contributed by atoms with E-state index in [1.54, 1.807) is 18.3 Å². The first kappa shape index (κ1) is 9.65. The number of hydrogen-bond acceptors (Lipinski definition) is 2. The van der Waals surface area contributed by atoms with Crippen LogP contribution in [0, 0.1) is 0 Å². The van der Waals surface area contributed by atoms with Crippen LogP contribution in [-0.2, 0) is 0 Å². The number of carbonyl (C=O) groups is 2. The van der Waals surface area contributed by atoms with Crippen molar-refractivity contribution in [2.45, 2.75) is 13.8 Å². The first-order valence-electron chi connectivity index (χ1n) is 4.73. The number of benzene rings is 1. The second-order valence-corrected chi connectivity index (χ2v) is 3.54. The molecule has 1 N–H and O–H groups in total. The Morgan fingerprint density at radius 2 is 1.73 bits per heavy atom. The predicted molar refractivity (Wildman–Crippen MR) is 58.3 cm³/mol. The molecule has 1 heterocycles. The molecule has 3 heteroatoms. The van der Waals surface area contributed by atoms with Crippen molar-refractivity contribution in [2.24, 2.45) is 0 Å². The average Bonchev–Trinajstić information content (AvgIpc) is 2.59. The van der Waals surface area contributed by atoms with Gasteiger partial charge in [0.15, 0.2) is 11.6 Å². The summed E-state index contributed by atoms with van der Waals surface area (Å²) in [5, 5.41) is 0.815. The number of aromatic nitrogens is 1. The number of nitrogens with one attached hydrogen (secondary N) is 1. The fraction of sp³-hybridized carbons (Fsp3) is 0.167. The topological polar surface area (TPSA) is 49.9 Å². The first-order chi connectivity index (χ1) is 7.11. The maximum atomic E-state index is 11.3. The third kappa shape index (κ3) is 1.46. The second kappa shape index (κ2) is 3.35. The number of para-hydroxylation sites is 1. The molecule has 0 aliphatic heterocycles. The van der Waals surface area contributed by atoms with Crippen LogP contribution in [0.1, 0.15) is 34.6 Å². The van der Waals surface area contributed by atoms with Crippen molar-refractivity contribution in [2.75, 3.05) is 0 Å². The number of rotatable bonds is 2. The molecule has 0 fully saturated rings. The molecule has 0 bridgehead atoms. The number of fused-ring (bicyclic) bond motifs is 1. The van der Waals surface area contributed by atoms with E-state index < -0.39 is 0 Å². The summed E-state index contributed by atoms with van der Waals surface area (Å²) in [4.78, 5) is 25.6. The number of carbonyl (C=O) groups excluding carboxylic acids is 2. The van der Waals surface area contributed by atoms with Gasteiger partial charge in [0, 0.05) is 22.7 Å². The molecule has 76 valence electrons. The summed E-state index contributed by atoms with van der Waals surface area (Å²) in [5.74, 6) is -0.000459. The number of H-pyrrole nitrogens is 1. The summed E-state index contributed by atoms with van der Waals surface area (Å²) in [6.07, 6.45) is 1.65. The lowest BCUT2D eigenvalue weighted by atomic mass is 10.1. The smallest absolute Gasteiger partial charge is 0.161 e. The highest BCUT2D eigenvalue weighted by Crippen LogP contribution is 2.22. The lowest BCUT2D eigenvalue weighted by Gasteiger charge is -1.98. The zero-order chi connectivity index (χ0) is 11.0. The molecule has 0 saturated heterocycles. The summed E-state index contributed by atoms with van der Waals surface area (Å²) >= 11 is 0. The van der Waals surface area contributed by atoms with E-state index in [2.05, 4.69) is 4.98 Å². The van der Waals surface area contributed by atoms with Crippen molar-refractivity contribution in [3.8, 4) is 0 Å². The van der Waals surface area contributed by atoms with Crippen LogP contribution >= 0.6 is 0 Å². The van der Waals surface area contributed by atoms with Crippen molar-refractivity contribution in [1.29, 1.82) is 0 Å². The highest BCUT2D eigenvalue weighted by molar-refractivity contribution is 6.12. The van der Waals surface area contributed by atoms with Crippen molar-refractivity contribution < 1.29 is 9.59 Å². The van der Waals surface area contributed by atoms with E-state index in [1.165, 1.54) is 13.8 Å². The summed E-state index contributed by atoms with van der Waals surface area (Å²) in [5.41, 5.74) is 2.00. The third-order valence-electron chi connectivity index (χ3n) is 2.47. The Hall–Kier alpha value is -1.90. The standard InChI is InChI=1S/C12H11NO2/c1-7(14)9-4-3-5-10-11(8(2)15)6-13-12(9)10/h3-6,13H,1-2H3. The predicted octanol–water partition coefficient (Wildman–Crippen LogP) is 2.57. The third-order valence-corrected chi connectivity index (χ3v) is 2.47. The lowest BCUT2D eigenvalue weighted by molar-refractivity contribution is 0.101. The molecular formula is C12H11NO2. The average molecular weight is 201 g/mol. The number of hydrogen-bond donors (Lipinski definition) is 1. The molecule has 2 rings (SSSR count). The molecule has 0 amide bonds. The molecular weight excluding hydrogens is 190 g/mol. The van der Waals surface area contributed by atoms with Crippen LogP contribution in [0.25, 0.3) is 10.9 Å². The minimum absolute atomic E-state index is 0.00181. The zero-order valence-corrected chi connectivity index (χ0v) is 8.63. The zero-order valence-electron chi connectivity index (χ0n) is 8.63. The Balaban J connectivity index is 2.80. The van der Waals surface area contributed by atoms with Gasteiger partial charge in [0.25, 0.3) is 0 Å². The Bertz CT molecular complexity index is 552. The maximum absolute atomic E-state index is 11.3. The van der Waals surface area contributed by atoms with E-state index in [0.717, 1.165) is 10.9 Å². The Morgan fingerprint density at radius 3 is 2.33 bits per heavy atom. The van der Waals surface area contributed by atoms with Gasteiger partial charge in [0.05, 0.1) is 5.52 Å². The van der Waals surface area contributed by atoms with Gasteiger partial charge in [0.2, 0.25) is 0 Å². The maximum Gasteiger partial charge on any atom is 0.161 e. The van der Waals surface area contributed by atoms with E-state index in [0.29, 0.717) is 11.1 Å². The van der Waals surface area contributed by atoms with Crippen LogP contribution in [0.15, 0.2) is 24.4 Å². The van der Waals surface area contributed by atoms with Crippen molar-refractivity contribution in [1.82, 2.24) is 4.98 Å². The molecule has 0 saturated carbocycles. The van der Waals surface area contributed by atoms with E-state index in [9.17, 15) is 9.59 Å². The number of ketones is 2. The Kier molecular flexibility index (Phi) is 2.15. The minimum Gasteiger partial charge on any atom is -0.360 e. The van der Waals surface area contributed by atoms with Gasteiger partial charge >= 0.3 is 0 Å². The highest BCUT2D eigenvalue weighted by Gasteiger charge is 2.11. The SMILES string of the molecule is CC(=O)c1c[nH]c2c(C(C)=O)cccc12. The highest BCUT2D eigenvalue weighted by atomic mass is 16.1. The van der Waals surface area contributed by atoms with Crippen LogP contribution < -0.4 is 0 Å². The molecule has 0 aliphatic rings. The van der Waals surface area contributed by atoms with E-state index in [4.69, 9.17) is 0 Å². The van der Waals surface area contributed by atoms with Crippen LogP contribution in [0.2, 0.25) is 0 Å².